The van der Waals surface area contributed by atoms with Crippen LogP contribution < -0.4 is 4.74 Å². The van der Waals surface area contributed by atoms with Crippen molar-refractivity contribution in [1.29, 1.82) is 0 Å². The Kier molecular flexibility index (Phi) is 4.70. The van der Waals surface area contributed by atoms with E-state index in [4.69, 9.17) is 4.74 Å². The number of unbranched alkanes of at least 4 members (excludes halogenated alkanes) is 1. The molecule has 0 aliphatic heterocycles. The molecule has 0 saturated heterocycles. The second-order valence-corrected chi connectivity index (χ2v) is 3.65. The predicted molar refractivity (Wildman–Crippen MR) is 61.6 cm³/mol. The number of hydrogen-bond donors (Lipinski definition) is 0. The van der Waals surface area contributed by atoms with Crippen LogP contribution in [0.25, 0.3) is 0 Å². The van der Waals surface area contributed by atoms with E-state index in [9.17, 15) is 9.59 Å². The summed E-state index contributed by atoms with van der Waals surface area (Å²) in [6, 6.07) is 6.74. The van der Waals surface area contributed by atoms with Crippen LogP contribution in [0.5, 0.6) is 5.75 Å². The van der Waals surface area contributed by atoms with Gasteiger partial charge in [-0.15, -0.1) is 0 Å². The molecule has 0 spiro atoms. The summed E-state index contributed by atoms with van der Waals surface area (Å²) in [5, 5.41) is 0. The van der Waals surface area contributed by atoms with Gasteiger partial charge in [-0.2, -0.15) is 0 Å². The molecule has 16 heavy (non-hydrogen) atoms. The van der Waals surface area contributed by atoms with Crippen LogP contribution >= 0.6 is 0 Å². The van der Waals surface area contributed by atoms with Crippen LogP contribution in [0.1, 0.15) is 43.5 Å². The summed E-state index contributed by atoms with van der Waals surface area (Å²) >= 11 is 0. The maximum Gasteiger partial charge on any atom is 0.308 e. The van der Waals surface area contributed by atoms with E-state index in [1.807, 2.05) is 6.92 Å². The zero-order valence-electron chi connectivity index (χ0n) is 9.66. The molecule has 0 aromatic heterocycles. The first-order valence-electron chi connectivity index (χ1n) is 5.45. The predicted octanol–water partition coefficient (Wildman–Crippen LogP) is 2.98. The van der Waals surface area contributed by atoms with Gasteiger partial charge in [0, 0.05) is 18.9 Å². The lowest BCUT2D eigenvalue weighted by Crippen LogP contribution is -2.03. The summed E-state index contributed by atoms with van der Waals surface area (Å²) in [6.45, 7) is 3.38. The molecule has 3 heteroatoms. The Morgan fingerprint density at radius 3 is 2.69 bits per heavy atom. The summed E-state index contributed by atoms with van der Waals surface area (Å²) < 4.78 is 4.92. The van der Waals surface area contributed by atoms with Crippen molar-refractivity contribution in [2.45, 2.75) is 33.1 Å². The smallest absolute Gasteiger partial charge is 0.308 e. The first-order chi connectivity index (χ1) is 7.63. The quantitative estimate of drug-likeness (QED) is 0.435. The maximum absolute atomic E-state index is 11.7. The van der Waals surface area contributed by atoms with E-state index in [1.165, 1.54) is 6.92 Å². The highest BCUT2D eigenvalue weighted by atomic mass is 16.5. The minimum absolute atomic E-state index is 0.0934. The first-order valence-corrected chi connectivity index (χ1v) is 5.45. The third kappa shape index (κ3) is 3.85. The Bertz CT molecular complexity index is 383. The molecule has 0 fully saturated rings. The van der Waals surface area contributed by atoms with Crippen LogP contribution in [-0.4, -0.2) is 11.8 Å². The molecule has 1 aromatic carbocycles. The number of hydrogen-bond acceptors (Lipinski definition) is 3. The molecule has 0 saturated carbocycles. The molecule has 0 atom stereocenters. The number of Topliss-reactive ketones (excluding diaryl/α,β-unsaturated/α-hetero) is 1. The number of carbonyl (C=O) groups excluding carboxylic acids is 2. The molecular weight excluding hydrogens is 204 g/mol. The van der Waals surface area contributed by atoms with Crippen LogP contribution in [0, 0.1) is 0 Å². The molecule has 0 bridgehead atoms. The average Bonchev–Trinajstić information content (AvgIpc) is 2.25. The third-order valence-corrected chi connectivity index (χ3v) is 2.17. The van der Waals surface area contributed by atoms with Gasteiger partial charge in [0.1, 0.15) is 5.75 Å². The molecule has 0 amide bonds. The Hall–Kier alpha value is -1.64. The molecule has 0 radical (unpaired) electrons. The zero-order valence-corrected chi connectivity index (χ0v) is 9.66. The molecular formula is C13H16O3. The SMILES string of the molecule is CCCCC(=O)c1cccc(OC(C)=O)c1. The van der Waals surface area contributed by atoms with Crippen LogP contribution in [0.4, 0.5) is 0 Å². The van der Waals surface area contributed by atoms with Crippen molar-refractivity contribution in [3.8, 4) is 5.75 Å². The number of esters is 1. The number of rotatable bonds is 5. The molecule has 86 valence electrons. The van der Waals surface area contributed by atoms with Crippen LogP contribution in [0.3, 0.4) is 0 Å². The van der Waals surface area contributed by atoms with E-state index >= 15 is 0 Å². The van der Waals surface area contributed by atoms with Gasteiger partial charge in [-0.25, -0.2) is 0 Å². The lowest BCUT2D eigenvalue weighted by atomic mass is 10.1. The number of ether oxygens (including phenoxy) is 1. The summed E-state index contributed by atoms with van der Waals surface area (Å²) in [6.07, 6.45) is 2.42. The van der Waals surface area contributed by atoms with E-state index in [0.717, 1.165) is 12.8 Å². The third-order valence-electron chi connectivity index (χ3n) is 2.17. The van der Waals surface area contributed by atoms with Crippen LogP contribution in [0.15, 0.2) is 24.3 Å². The minimum atomic E-state index is -0.377. The fraction of sp³-hybridized carbons (Fsp3) is 0.385. The number of ketones is 1. The summed E-state index contributed by atoms with van der Waals surface area (Å²) in [5.74, 6) is 0.142. The van der Waals surface area contributed by atoms with Gasteiger partial charge in [0.05, 0.1) is 0 Å². The monoisotopic (exact) mass is 220 g/mol. The van der Waals surface area contributed by atoms with E-state index in [1.54, 1.807) is 24.3 Å². The van der Waals surface area contributed by atoms with Gasteiger partial charge in [-0.05, 0) is 18.6 Å². The molecule has 3 nitrogen and oxygen atoms in total. The molecule has 1 rings (SSSR count). The Balaban J connectivity index is 2.73. The Morgan fingerprint density at radius 1 is 1.31 bits per heavy atom. The van der Waals surface area contributed by atoms with Crippen molar-refractivity contribution in [3.05, 3.63) is 29.8 Å². The molecule has 0 heterocycles. The van der Waals surface area contributed by atoms with Gasteiger partial charge in [-0.3, -0.25) is 9.59 Å². The van der Waals surface area contributed by atoms with Gasteiger partial charge in [0.25, 0.3) is 0 Å². The summed E-state index contributed by atoms with van der Waals surface area (Å²) in [5.41, 5.74) is 0.604. The Labute approximate surface area is 95.4 Å². The van der Waals surface area contributed by atoms with Gasteiger partial charge < -0.3 is 4.74 Å². The first kappa shape index (κ1) is 12.4. The molecule has 0 N–H and O–H groups in total. The average molecular weight is 220 g/mol. The van der Waals surface area contributed by atoms with Crippen molar-refractivity contribution in [2.24, 2.45) is 0 Å². The fourth-order valence-electron chi connectivity index (χ4n) is 1.38. The van der Waals surface area contributed by atoms with Crippen LogP contribution in [-0.2, 0) is 4.79 Å². The Morgan fingerprint density at radius 2 is 2.06 bits per heavy atom. The normalized spacial score (nSPS) is 9.88. The van der Waals surface area contributed by atoms with Crippen molar-refractivity contribution < 1.29 is 14.3 Å². The topological polar surface area (TPSA) is 43.4 Å². The largest absolute Gasteiger partial charge is 0.427 e. The van der Waals surface area contributed by atoms with Gasteiger partial charge in [0.15, 0.2) is 5.78 Å². The summed E-state index contributed by atoms with van der Waals surface area (Å²) in [4.78, 5) is 22.5. The second-order valence-electron chi connectivity index (χ2n) is 3.65. The van der Waals surface area contributed by atoms with Crippen molar-refractivity contribution in [2.75, 3.05) is 0 Å². The second kappa shape index (κ2) is 6.05. The lowest BCUT2D eigenvalue weighted by molar-refractivity contribution is -0.131. The summed E-state index contributed by atoms with van der Waals surface area (Å²) in [7, 11) is 0. The van der Waals surface area contributed by atoms with E-state index < -0.39 is 0 Å². The highest BCUT2D eigenvalue weighted by Crippen LogP contribution is 2.15. The molecule has 1 aromatic rings. The molecule has 0 aliphatic rings. The van der Waals surface area contributed by atoms with E-state index in [-0.39, 0.29) is 11.8 Å². The minimum Gasteiger partial charge on any atom is -0.427 e. The fourth-order valence-corrected chi connectivity index (χ4v) is 1.38. The van der Waals surface area contributed by atoms with E-state index in [0.29, 0.717) is 17.7 Å². The maximum atomic E-state index is 11.7. The standard InChI is InChI=1S/C13H16O3/c1-3-4-8-13(15)11-6-5-7-12(9-11)16-10(2)14/h5-7,9H,3-4,8H2,1-2H3. The molecule has 0 unspecified atom stereocenters. The molecule has 0 aliphatic carbocycles. The van der Waals surface area contributed by atoms with Crippen molar-refractivity contribution >= 4 is 11.8 Å². The van der Waals surface area contributed by atoms with Crippen molar-refractivity contribution in [3.63, 3.8) is 0 Å². The lowest BCUT2D eigenvalue weighted by Gasteiger charge is -2.04. The van der Waals surface area contributed by atoms with Crippen LogP contribution in [0.2, 0.25) is 0 Å². The highest BCUT2D eigenvalue weighted by molar-refractivity contribution is 5.96. The van der Waals surface area contributed by atoms with Gasteiger partial charge >= 0.3 is 5.97 Å². The van der Waals surface area contributed by atoms with Crippen molar-refractivity contribution in [1.82, 2.24) is 0 Å². The number of benzene rings is 1. The number of carbonyl (C=O) groups is 2. The van der Waals surface area contributed by atoms with E-state index in [2.05, 4.69) is 0 Å². The van der Waals surface area contributed by atoms with Gasteiger partial charge in [0.2, 0.25) is 0 Å². The highest BCUT2D eigenvalue weighted by Gasteiger charge is 2.07. The zero-order chi connectivity index (χ0) is 12.0. The van der Waals surface area contributed by atoms with Gasteiger partial charge in [-0.1, -0.05) is 25.5 Å².